The van der Waals surface area contributed by atoms with Crippen molar-refractivity contribution < 1.29 is 14.3 Å². The van der Waals surface area contributed by atoms with Crippen LogP contribution < -0.4 is 9.47 Å². The van der Waals surface area contributed by atoms with Gasteiger partial charge in [-0.25, -0.2) is 4.98 Å². The highest BCUT2D eigenvalue weighted by Gasteiger charge is 2.22. The van der Waals surface area contributed by atoms with Crippen molar-refractivity contribution in [2.24, 2.45) is 0 Å². The fourth-order valence-electron chi connectivity index (χ4n) is 4.62. The summed E-state index contributed by atoms with van der Waals surface area (Å²) in [6.07, 6.45) is 5.58. The Bertz CT molecular complexity index is 1320. The number of aromatic nitrogens is 1. The minimum Gasteiger partial charge on any atom is -0.488 e. The van der Waals surface area contributed by atoms with E-state index in [0.717, 1.165) is 43.7 Å². The molecule has 1 saturated heterocycles. The third-order valence-corrected chi connectivity index (χ3v) is 7.83. The van der Waals surface area contributed by atoms with Gasteiger partial charge >= 0.3 is 0 Å². The van der Waals surface area contributed by atoms with E-state index in [1.807, 2.05) is 50.2 Å². The number of nitrogens with zero attached hydrogens (tertiary/aromatic N) is 3. The van der Waals surface area contributed by atoms with Crippen LogP contribution in [0.3, 0.4) is 0 Å². The molecular weight excluding hydrogens is 545 g/mol. The van der Waals surface area contributed by atoms with Gasteiger partial charge in [-0.2, -0.15) is 0 Å². The van der Waals surface area contributed by atoms with Crippen molar-refractivity contribution in [3.8, 4) is 17.4 Å². The molecule has 40 heavy (non-hydrogen) atoms. The molecular formula is C32H37Cl2N3O3. The lowest BCUT2D eigenvalue weighted by atomic mass is 10.0. The molecule has 1 aromatic heterocycles. The topological polar surface area (TPSA) is 54.9 Å². The van der Waals surface area contributed by atoms with Gasteiger partial charge in [0, 0.05) is 30.4 Å². The average molecular weight is 583 g/mol. The number of allylic oxidation sites excluding steroid dienone is 1. The monoisotopic (exact) mass is 581 g/mol. The van der Waals surface area contributed by atoms with E-state index in [4.69, 9.17) is 37.7 Å². The number of carbonyl (C=O) groups excluding carboxylic acids is 1. The van der Waals surface area contributed by atoms with E-state index in [1.165, 1.54) is 6.08 Å². The van der Waals surface area contributed by atoms with Crippen LogP contribution in [-0.4, -0.2) is 66.9 Å². The van der Waals surface area contributed by atoms with Crippen LogP contribution in [0.25, 0.3) is 6.08 Å². The number of halogens is 2. The second kappa shape index (κ2) is 14.1. The SMILES string of the molecule is CC(C)c1ccc(C(=O)C=Cc2ccccc2)c(Oc2cc(Cl)c(Cl)cc2OCCN2CCC(N(C)C)CC2)n1. The standard InChI is InChI=1S/C32H37Cl2N3O3/c1-22(2)28-12-11-25(29(38)13-10-23-8-6-5-7-9-23)32(35-28)40-31-21-27(34)26(33)20-30(31)39-19-18-37-16-14-24(15-17-37)36(3)4/h5-13,20-22,24H,14-19H2,1-4H3. The number of carbonyl (C=O) groups is 1. The zero-order valence-corrected chi connectivity index (χ0v) is 25.1. The van der Waals surface area contributed by atoms with Gasteiger partial charge in [0.1, 0.15) is 6.61 Å². The van der Waals surface area contributed by atoms with Gasteiger partial charge in [-0.1, -0.05) is 73.5 Å². The number of ketones is 1. The maximum atomic E-state index is 13.2. The largest absolute Gasteiger partial charge is 0.488 e. The summed E-state index contributed by atoms with van der Waals surface area (Å²) < 4.78 is 12.4. The lowest BCUT2D eigenvalue weighted by molar-refractivity contribution is 0.104. The molecule has 0 bridgehead atoms. The van der Waals surface area contributed by atoms with E-state index < -0.39 is 0 Å². The number of benzene rings is 2. The van der Waals surface area contributed by atoms with Crippen molar-refractivity contribution in [3.63, 3.8) is 0 Å². The number of rotatable bonds is 11. The normalized spacial score (nSPS) is 14.8. The fraction of sp³-hybridized carbons (Fsp3) is 0.375. The van der Waals surface area contributed by atoms with Crippen molar-refractivity contribution in [1.82, 2.24) is 14.8 Å². The van der Waals surface area contributed by atoms with Gasteiger partial charge in [-0.3, -0.25) is 9.69 Å². The van der Waals surface area contributed by atoms with E-state index >= 15 is 0 Å². The molecule has 1 aliphatic heterocycles. The van der Waals surface area contributed by atoms with Crippen LogP contribution >= 0.6 is 23.2 Å². The van der Waals surface area contributed by atoms with Crippen molar-refractivity contribution in [2.75, 3.05) is 40.3 Å². The van der Waals surface area contributed by atoms with Crippen LogP contribution in [0.5, 0.6) is 17.4 Å². The lowest BCUT2D eigenvalue weighted by Crippen LogP contribution is -2.43. The first-order chi connectivity index (χ1) is 19.2. The summed E-state index contributed by atoms with van der Waals surface area (Å²) in [5.41, 5.74) is 2.08. The summed E-state index contributed by atoms with van der Waals surface area (Å²) in [4.78, 5) is 22.6. The highest BCUT2D eigenvalue weighted by Crippen LogP contribution is 2.39. The molecule has 0 unspecified atom stereocenters. The van der Waals surface area contributed by atoms with Gasteiger partial charge in [0.15, 0.2) is 17.3 Å². The molecule has 0 spiro atoms. The van der Waals surface area contributed by atoms with Gasteiger partial charge in [-0.15, -0.1) is 0 Å². The minimum atomic E-state index is -0.217. The molecule has 0 radical (unpaired) electrons. The van der Waals surface area contributed by atoms with E-state index in [2.05, 4.69) is 23.9 Å². The zero-order chi connectivity index (χ0) is 28.6. The Balaban J connectivity index is 1.53. The summed E-state index contributed by atoms with van der Waals surface area (Å²) >= 11 is 12.7. The van der Waals surface area contributed by atoms with E-state index in [1.54, 1.807) is 24.3 Å². The molecule has 0 N–H and O–H groups in total. The number of likely N-dealkylation sites (tertiary alicyclic amines) is 1. The molecule has 0 saturated carbocycles. The molecule has 2 heterocycles. The maximum absolute atomic E-state index is 13.2. The van der Waals surface area contributed by atoms with Gasteiger partial charge in [0.05, 0.1) is 15.6 Å². The second-order valence-corrected chi connectivity index (χ2v) is 11.4. The third kappa shape index (κ3) is 8.07. The Morgan fingerprint density at radius 1 is 1.05 bits per heavy atom. The van der Waals surface area contributed by atoms with Gasteiger partial charge in [-0.05, 0) is 69.7 Å². The second-order valence-electron chi connectivity index (χ2n) is 10.6. The van der Waals surface area contributed by atoms with Gasteiger partial charge in [0.2, 0.25) is 5.88 Å². The summed E-state index contributed by atoms with van der Waals surface area (Å²) in [6, 6.07) is 17.2. The Morgan fingerprint density at radius 3 is 2.38 bits per heavy atom. The predicted octanol–water partition coefficient (Wildman–Crippen LogP) is 7.61. The van der Waals surface area contributed by atoms with Crippen LogP contribution in [-0.2, 0) is 0 Å². The van der Waals surface area contributed by atoms with Crippen LogP contribution in [0.2, 0.25) is 10.0 Å². The van der Waals surface area contributed by atoms with Crippen molar-refractivity contribution in [1.29, 1.82) is 0 Å². The number of piperidine rings is 1. The highest BCUT2D eigenvalue weighted by molar-refractivity contribution is 6.42. The summed E-state index contributed by atoms with van der Waals surface area (Å²) in [6.45, 7) is 7.40. The molecule has 1 aliphatic rings. The van der Waals surface area contributed by atoms with E-state index in [-0.39, 0.29) is 17.6 Å². The minimum absolute atomic E-state index is 0.146. The zero-order valence-electron chi connectivity index (χ0n) is 23.6. The van der Waals surface area contributed by atoms with E-state index in [9.17, 15) is 4.79 Å². The molecule has 8 heteroatoms. The number of hydrogen-bond acceptors (Lipinski definition) is 6. The molecule has 212 valence electrons. The van der Waals surface area contributed by atoms with Crippen LogP contribution in [0.15, 0.2) is 60.7 Å². The summed E-state index contributed by atoms with van der Waals surface area (Å²) in [5.74, 6) is 0.934. The van der Waals surface area contributed by atoms with Crippen LogP contribution in [0.1, 0.15) is 54.2 Å². The fourth-order valence-corrected chi connectivity index (χ4v) is 4.93. The number of ether oxygens (including phenoxy) is 2. The molecule has 0 aliphatic carbocycles. The Labute approximate surface area is 247 Å². The van der Waals surface area contributed by atoms with Gasteiger partial charge in [0.25, 0.3) is 0 Å². The molecule has 3 aromatic rings. The van der Waals surface area contributed by atoms with Gasteiger partial charge < -0.3 is 14.4 Å². The molecule has 1 fully saturated rings. The maximum Gasteiger partial charge on any atom is 0.230 e. The average Bonchev–Trinajstić information content (AvgIpc) is 2.95. The van der Waals surface area contributed by atoms with Crippen molar-refractivity contribution in [2.45, 2.75) is 38.6 Å². The quantitative estimate of drug-likeness (QED) is 0.171. The number of hydrogen-bond donors (Lipinski definition) is 0. The summed E-state index contributed by atoms with van der Waals surface area (Å²) in [7, 11) is 4.28. The van der Waals surface area contributed by atoms with Crippen LogP contribution in [0, 0.1) is 0 Å². The molecule has 0 amide bonds. The Kier molecular flexibility index (Phi) is 10.6. The predicted molar refractivity (Wildman–Crippen MR) is 163 cm³/mol. The molecule has 0 atom stereocenters. The van der Waals surface area contributed by atoms with Crippen molar-refractivity contribution in [3.05, 3.63) is 87.5 Å². The first-order valence-corrected chi connectivity index (χ1v) is 14.4. The number of pyridine rings is 1. The van der Waals surface area contributed by atoms with Crippen molar-refractivity contribution >= 4 is 35.1 Å². The Hall–Kier alpha value is -2.90. The highest BCUT2D eigenvalue weighted by atomic mass is 35.5. The smallest absolute Gasteiger partial charge is 0.230 e. The Morgan fingerprint density at radius 2 is 1.73 bits per heavy atom. The molecule has 6 nitrogen and oxygen atoms in total. The molecule has 2 aromatic carbocycles. The first-order valence-electron chi connectivity index (χ1n) is 13.7. The molecule has 4 rings (SSSR count). The van der Waals surface area contributed by atoms with Crippen LogP contribution in [0.4, 0.5) is 0 Å². The lowest BCUT2D eigenvalue weighted by Gasteiger charge is -2.35. The summed E-state index contributed by atoms with van der Waals surface area (Å²) in [5, 5.41) is 0.688. The first kappa shape index (κ1) is 30.1. The third-order valence-electron chi connectivity index (χ3n) is 7.11. The van der Waals surface area contributed by atoms with E-state index in [0.29, 0.717) is 39.8 Å².